The van der Waals surface area contributed by atoms with Crippen LogP contribution in [-0.4, -0.2) is 31.2 Å². The summed E-state index contributed by atoms with van der Waals surface area (Å²) in [6, 6.07) is 0. The molecular weight excluding hydrogens is 156 g/mol. The molecule has 3 aliphatic rings. The maximum absolute atomic E-state index is 5.65. The highest BCUT2D eigenvalue weighted by atomic mass is 16.7. The zero-order valence-corrected chi connectivity index (χ0v) is 7.12. The fourth-order valence-electron chi connectivity index (χ4n) is 2.32. The van der Waals surface area contributed by atoms with Crippen molar-refractivity contribution in [2.45, 2.75) is 43.7 Å². The van der Waals surface area contributed by atoms with Crippen molar-refractivity contribution in [3.63, 3.8) is 0 Å². The second kappa shape index (κ2) is 2.44. The molecule has 0 aromatic carbocycles. The van der Waals surface area contributed by atoms with Crippen molar-refractivity contribution in [1.82, 2.24) is 0 Å². The van der Waals surface area contributed by atoms with E-state index in [1.807, 2.05) is 0 Å². The van der Waals surface area contributed by atoms with Gasteiger partial charge in [0.2, 0.25) is 0 Å². The van der Waals surface area contributed by atoms with Gasteiger partial charge in [-0.1, -0.05) is 0 Å². The van der Waals surface area contributed by atoms with Crippen LogP contribution in [-0.2, 0) is 14.2 Å². The van der Waals surface area contributed by atoms with Crippen LogP contribution >= 0.6 is 0 Å². The van der Waals surface area contributed by atoms with Crippen molar-refractivity contribution in [2.24, 2.45) is 0 Å². The molecule has 0 N–H and O–H groups in total. The molecule has 0 amide bonds. The first-order valence-corrected chi connectivity index (χ1v) is 4.81. The summed E-state index contributed by atoms with van der Waals surface area (Å²) < 4.78 is 16.8. The highest BCUT2D eigenvalue weighted by Crippen LogP contribution is 2.42. The van der Waals surface area contributed by atoms with Gasteiger partial charge in [0.1, 0.15) is 0 Å². The van der Waals surface area contributed by atoms with E-state index in [-0.39, 0.29) is 5.79 Å². The third-order valence-corrected chi connectivity index (χ3v) is 3.12. The first kappa shape index (κ1) is 7.30. The molecule has 68 valence electrons. The van der Waals surface area contributed by atoms with Crippen LogP contribution in [0.25, 0.3) is 0 Å². The highest BCUT2D eigenvalue weighted by molar-refractivity contribution is 4.92. The lowest BCUT2D eigenvalue weighted by Crippen LogP contribution is -2.29. The molecule has 2 heterocycles. The largest absolute Gasteiger partial charge is 0.370 e. The van der Waals surface area contributed by atoms with Crippen LogP contribution < -0.4 is 0 Å². The molecular formula is C9H14O3. The Bertz CT molecular complexity index is 172. The summed E-state index contributed by atoms with van der Waals surface area (Å²) in [7, 11) is 0. The van der Waals surface area contributed by atoms with E-state index in [1.54, 1.807) is 0 Å². The number of fused-ring (bicyclic) bond motifs is 1. The lowest BCUT2D eigenvalue weighted by molar-refractivity contribution is -0.168. The minimum absolute atomic E-state index is 0.212. The Morgan fingerprint density at radius 3 is 2.08 bits per heavy atom. The smallest absolute Gasteiger partial charge is 0.168 e. The monoisotopic (exact) mass is 170 g/mol. The Kier molecular flexibility index (Phi) is 1.48. The Morgan fingerprint density at radius 2 is 1.50 bits per heavy atom. The van der Waals surface area contributed by atoms with Crippen molar-refractivity contribution in [3.8, 4) is 0 Å². The lowest BCUT2D eigenvalue weighted by Gasteiger charge is -2.25. The quantitative estimate of drug-likeness (QED) is 0.509. The predicted molar refractivity (Wildman–Crippen MR) is 41.8 cm³/mol. The summed E-state index contributed by atoms with van der Waals surface area (Å²) in [5.41, 5.74) is 0. The third kappa shape index (κ3) is 1.08. The summed E-state index contributed by atoms with van der Waals surface area (Å²) in [5, 5.41) is 0. The number of hydrogen-bond acceptors (Lipinski definition) is 3. The summed E-state index contributed by atoms with van der Waals surface area (Å²) in [6.07, 6.45) is 5.33. The molecule has 3 rings (SSSR count). The van der Waals surface area contributed by atoms with Gasteiger partial charge in [0.25, 0.3) is 0 Å². The van der Waals surface area contributed by atoms with Gasteiger partial charge < -0.3 is 14.2 Å². The molecule has 0 radical (unpaired) electrons. The van der Waals surface area contributed by atoms with Crippen LogP contribution in [0, 0.1) is 0 Å². The molecule has 1 saturated carbocycles. The van der Waals surface area contributed by atoms with E-state index in [0.29, 0.717) is 12.2 Å². The van der Waals surface area contributed by atoms with E-state index in [4.69, 9.17) is 14.2 Å². The van der Waals surface area contributed by atoms with E-state index in [9.17, 15) is 0 Å². The zero-order valence-electron chi connectivity index (χ0n) is 7.12. The van der Waals surface area contributed by atoms with Crippen molar-refractivity contribution >= 4 is 0 Å². The normalized spacial score (nSPS) is 44.0. The number of rotatable bonds is 0. The molecule has 2 atom stereocenters. The molecule has 0 aromatic rings. The van der Waals surface area contributed by atoms with Gasteiger partial charge in [-0.25, -0.2) is 0 Å². The van der Waals surface area contributed by atoms with Crippen molar-refractivity contribution in [2.75, 3.05) is 13.2 Å². The number of hydrogen-bond donors (Lipinski definition) is 0. The average Bonchev–Trinajstić information content (AvgIpc) is 2.70. The van der Waals surface area contributed by atoms with Crippen LogP contribution in [0.4, 0.5) is 0 Å². The van der Waals surface area contributed by atoms with E-state index in [0.717, 1.165) is 38.9 Å². The van der Waals surface area contributed by atoms with E-state index >= 15 is 0 Å². The zero-order chi connectivity index (χ0) is 8.02. The van der Waals surface area contributed by atoms with Gasteiger partial charge in [-0.2, -0.15) is 0 Å². The molecule has 3 heteroatoms. The van der Waals surface area contributed by atoms with Crippen molar-refractivity contribution < 1.29 is 14.2 Å². The standard InChI is InChI=1S/C9H14O3/c1-3-9(10-5-6-11-9)4-2-8-7(1)12-8/h7-8H,1-6H2. The molecule has 2 saturated heterocycles. The van der Waals surface area contributed by atoms with Crippen LogP contribution in [0.2, 0.25) is 0 Å². The van der Waals surface area contributed by atoms with E-state index in [2.05, 4.69) is 0 Å². The first-order chi connectivity index (χ1) is 5.88. The second-order valence-electron chi connectivity index (χ2n) is 3.90. The highest BCUT2D eigenvalue weighted by Gasteiger charge is 2.48. The summed E-state index contributed by atoms with van der Waals surface area (Å²) in [6.45, 7) is 1.55. The molecule has 2 aliphatic heterocycles. The molecule has 0 bridgehead atoms. The molecule has 1 aliphatic carbocycles. The van der Waals surface area contributed by atoms with Crippen molar-refractivity contribution in [1.29, 1.82) is 0 Å². The van der Waals surface area contributed by atoms with E-state index < -0.39 is 0 Å². The molecule has 0 aromatic heterocycles. The fourth-order valence-corrected chi connectivity index (χ4v) is 2.32. The molecule has 12 heavy (non-hydrogen) atoms. The molecule has 2 unspecified atom stereocenters. The summed E-state index contributed by atoms with van der Waals surface area (Å²) in [4.78, 5) is 0. The van der Waals surface area contributed by atoms with Crippen LogP contribution in [0.5, 0.6) is 0 Å². The Balaban J connectivity index is 1.71. The van der Waals surface area contributed by atoms with Crippen LogP contribution in [0.1, 0.15) is 25.7 Å². The molecule has 3 nitrogen and oxygen atoms in total. The Hall–Kier alpha value is -0.120. The Labute approximate surface area is 72.0 Å². The van der Waals surface area contributed by atoms with Crippen LogP contribution in [0.3, 0.4) is 0 Å². The third-order valence-electron chi connectivity index (χ3n) is 3.12. The van der Waals surface area contributed by atoms with Gasteiger partial charge >= 0.3 is 0 Å². The number of ether oxygens (including phenoxy) is 3. The lowest BCUT2D eigenvalue weighted by atomic mass is 10.1. The maximum Gasteiger partial charge on any atom is 0.168 e. The molecule has 3 fully saturated rings. The summed E-state index contributed by atoms with van der Waals surface area (Å²) >= 11 is 0. The topological polar surface area (TPSA) is 31.0 Å². The Morgan fingerprint density at radius 1 is 0.917 bits per heavy atom. The van der Waals surface area contributed by atoms with Gasteiger partial charge in [0, 0.05) is 12.8 Å². The van der Waals surface area contributed by atoms with Crippen molar-refractivity contribution in [3.05, 3.63) is 0 Å². The average molecular weight is 170 g/mol. The molecule has 1 spiro atoms. The van der Waals surface area contributed by atoms with Gasteiger partial charge in [-0.05, 0) is 12.8 Å². The van der Waals surface area contributed by atoms with E-state index in [1.165, 1.54) is 0 Å². The summed E-state index contributed by atoms with van der Waals surface area (Å²) in [5.74, 6) is -0.212. The van der Waals surface area contributed by atoms with Gasteiger partial charge in [-0.15, -0.1) is 0 Å². The van der Waals surface area contributed by atoms with Gasteiger partial charge in [0.05, 0.1) is 25.4 Å². The SMILES string of the molecule is C1COC2(CCC3OC3CC2)O1. The minimum atomic E-state index is -0.212. The second-order valence-corrected chi connectivity index (χ2v) is 3.90. The minimum Gasteiger partial charge on any atom is -0.370 e. The van der Waals surface area contributed by atoms with Gasteiger partial charge in [-0.3, -0.25) is 0 Å². The maximum atomic E-state index is 5.65. The number of epoxide rings is 1. The fraction of sp³-hybridized carbons (Fsp3) is 1.00. The predicted octanol–water partition coefficient (Wildman–Crippen LogP) is 1.07. The van der Waals surface area contributed by atoms with Crippen LogP contribution in [0.15, 0.2) is 0 Å². The first-order valence-electron chi connectivity index (χ1n) is 4.81. The van der Waals surface area contributed by atoms with Gasteiger partial charge in [0.15, 0.2) is 5.79 Å².